The lowest BCUT2D eigenvalue weighted by Crippen LogP contribution is -2.15. The van der Waals surface area contributed by atoms with Crippen molar-refractivity contribution in [2.24, 2.45) is 5.92 Å². The standard InChI is InChI=1S/C18H13F3N4O3/c19-18(20,21)10-6-13-15(14(7-10)25(27)28)23-17(22-13)24-16(26)12-8-11(12)9-4-2-1-3-5-9/h1-7,11-12H,8H2,(H2,22,23,24,26). The molecule has 0 bridgehead atoms. The zero-order chi connectivity index (χ0) is 20.1. The minimum atomic E-state index is -4.75. The number of rotatable bonds is 4. The van der Waals surface area contributed by atoms with Crippen LogP contribution in [0.4, 0.5) is 24.8 Å². The van der Waals surface area contributed by atoms with Crippen LogP contribution in [0.3, 0.4) is 0 Å². The zero-order valence-corrected chi connectivity index (χ0v) is 14.2. The van der Waals surface area contributed by atoms with Gasteiger partial charge in [0.05, 0.1) is 16.0 Å². The van der Waals surface area contributed by atoms with E-state index >= 15 is 0 Å². The molecule has 1 aliphatic rings. The Morgan fingerprint density at radius 2 is 1.96 bits per heavy atom. The number of carbonyl (C=O) groups is 1. The maximum absolute atomic E-state index is 13.0. The van der Waals surface area contributed by atoms with Gasteiger partial charge in [-0.05, 0) is 24.0 Å². The van der Waals surface area contributed by atoms with E-state index in [1.54, 1.807) is 0 Å². The maximum atomic E-state index is 13.0. The van der Waals surface area contributed by atoms with E-state index in [1.165, 1.54) is 0 Å². The van der Waals surface area contributed by atoms with Crippen molar-refractivity contribution in [2.75, 3.05) is 5.32 Å². The number of nitro benzene ring substituents is 1. The highest BCUT2D eigenvalue weighted by molar-refractivity contribution is 5.96. The highest BCUT2D eigenvalue weighted by atomic mass is 19.4. The Balaban J connectivity index is 1.59. The minimum absolute atomic E-state index is 0.0664. The fourth-order valence-corrected chi connectivity index (χ4v) is 3.22. The van der Waals surface area contributed by atoms with Gasteiger partial charge in [0.1, 0.15) is 0 Å². The number of non-ortho nitro benzene ring substituents is 1. The molecular weight excluding hydrogens is 377 g/mol. The van der Waals surface area contributed by atoms with Crippen molar-refractivity contribution in [1.29, 1.82) is 0 Å². The van der Waals surface area contributed by atoms with Crippen LogP contribution in [0.25, 0.3) is 11.0 Å². The Hall–Kier alpha value is -3.43. The minimum Gasteiger partial charge on any atom is -0.324 e. The van der Waals surface area contributed by atoms with Gasteiger partial charge in [-0.25, -0.2) is 4.98 Å². The Bertz CT molecular complexity index is 1080. The van der Waals surface area contributed by atoms with Gasteiger partial charge in [-0.1, -0.05) is 30.3 Å². The summed E-state index contributed by atoms with van der Waals surface area (Å²) in [4.78, 5) is 29.0. The van der Waals surface area contributed by atoms with Crippen molar-refractivity contribution in [3.05, 3.63) is 63.7 Å². The number of halogens is 3. The number of alkyl halides is 3. The predicted octanol–water partition coefficient (Wildman–Crippen LogP) is 4.23. The van der Waals surface area contributed by atoms with Crippen molar-refractivity contribution < 1.29 is 22.9 Å². The van der Waals surface area contributed by atoms with Crippen LogP contribution < -0.4 is 5.32 Å². The summed E-state index contributed by atoms with van der Waals surface area (Å²) in [5, 5.41) is 13.6. The van der Waals surface area contributed by atoms with Crippen molar-refractivity contribution >= 4 is 28.6 Å². The summed E-state index contributed by atoms with van der Waals surface area (Å²) >= 11 is 0. The molecule has 2 aromatic carbocycles. The quantitative estimate of drug-likeness (QED) is 0.514. The number of anilines is 1. The molecule has 0 radical (unpaired) electrons. The molecule has 2 unspecified atom stereocenters. The summed E-state index contributed by atoms with van der Waals surface area (Å²) in [5.41, 5.74) is -1.34. The van der Waals surface area contributed by atoms with Crippen LogP contribution in [0.5, 0.6) is 0 Å². The van der Waals surface area contributed by atoms with Gasteiger partial charge in [0.2, 0.25) is 11.9 Å². The normalized spacial score (nSPS) is 18.8. The molecule has 4 rings (SSSR count). The second kappa shape index (κ2) is 6.32. The van der Waals surface area contributed by atoms with Gasteiger partial charge < -0.3 is 4.98 Å². The number of imidazole rings is 1. The van der Waals surface area contributed by atoms with E-state index < -0.39 is 22.4 Å². The molecule has 2 atom stereocenters. The van der Waals surface area contributed by atoms with E-state index in [0.29, 0.717) is 12.5 Å². The Kier molecular flexibility index (Phi) is 4.06. The first-order chi connectivity index (χ1) is 13.2. The molecule has 0 aliphatic heterocycles. The number of H-pyrrole nitrogens is 1. The topological polar surface area (TPSA) is 101 Å². The molecule has 1 saturated carbocycles. The summed E-state index contributed by atoms with van der Waals surface area (Å²) < 4.78 is 38.9. The first kappa shape index (κ1) is 18.0. The fourth-order valence-electron chi connectivity index (χ4n) is 3.22. The van der Waals surface area contributed by atoms with E-state index in [-0.39, 0.29) is 34.7 Å². The molecule has 10 heteroatoms. The number of amides is 1. The molecule has 1 fully saturated rings. The number of carbonyl (C=O) groups excluding carboxylic acids is 1. The van der Waals surface area contributed by atoms with Crippen LogP contribution in [0.15, 0.2) is 42.5 Å². The lowest BCUT2D eigenvalue weighted by molar-refractivity contribution is -0.383. The Morgan fingerprint density at radius 3 is 2.61 bits per heavy atom. The highest BCUT2D eigenvalue weighted by Gasteiger charge is 2.44. The molecule has 1 heterocycles. The largest absolute Gasteiger partial charge is 0.416 e. The average molecular weight is 390 g/mol. The SMILES string of the molecule is O=C(Nc1nc2c([N+](=O)[O-])cc(C(F)(F)F)cc2[nH]1)C1CC1c1ccccc1. The van der Waals surface area contributed by atoms with Crippen molar-refractivity contribution in [1.82, 2.24) is 9.97 Å². The molecule has 3 aromatic rings. The molecule has 1 amide bonds. The smallest absolute Gasteiger partial charge is 0.324 e. The van der Waals surface area contributed by atoms with Gasteiger partial charge in [-0.15, -0.1) is 0 Å². The van der Waals surface area contributed by atoms with Crippen LogP contribution in [-0.4, -0.2) is 20.8 Å². The lowest BCUT2D eigenvalue weighted by Gasteiger charge is -2.05. The van der Waals surface area contributed by atoms with Crippen LogP contribution in [0, 0.1) is 16.0 Å². The third-order valence-corrected chi connectivity index (χ3v) is 4.69. The summed E-state index contributed by atoms with van der Waals surface area (Å²) in [5.74, 6) is -0.680. The number of aromatic amines is 1. The first-order valence-electron chi connectivity index (χ1n) is 8.35. The van der Waals surface area contributed by atoms with Crippen molar-refractivity contribution in [2.45, 2.75) is 18.5 Å². The van der Waals surface area contributed by atoms with Gasteiger partial charge in [0, 0.05) is 12.0 Å². The number of hydrogen-bond donors (Lipinski definition) is 2. The van der Waals surface area contributed by atoms with E-state index in [2.05, 4.69) is 15.3 Å². The number of nitrogens with zero attached hydrogens (tertiary/aromatic N) is 2. The van der Waals surface area contributed by atoms with Crippen LogP contribution in [-0.2, 0) is 11.0 Å². The molecule has 0 spiro atoms. The molecular formula is C18H13F3N4O3. The van der Waals surface area contributed by atoms with Crippen LogP contribution >= 0.6 is 0 Å². The monoisotopic (exact) mass is 390 g/mol. The molecule has 0 saturated heterocycles. The number of nitro groups is 1. The van der Waals surface area contributed by atoms with Gasteiger partial charge in [0.25, 0.3) is 5.69 Å². The van der Waals surface area contributed by atoms with E-state index in [9.17, 15) is 28.1 Å². The van der Waals surface area contributed by atoms with Gasteiger partial charge in [-0.2, -0.15) is 13.2 Å². The molecule has 1 aromatic heterocycles. The number of nitrogens with one attached hydrogen (secondary N) is 2. The van der Waals surface area contributed by atoms with Crippen LogP contribution in [0.2, 0.25) is 0 Å². The summed E-state index contributed by atoms with van der Waals surface area (Å²) in [6.07, 6.45) is -4.10. The zero-order valence-electron chi connectivity index (χ0n) is 14.2. The lowest BCUT2D eigenvalue weighted by atomic mass is 10.1. The molecule has 144 valence electrons. The second-order valence-corrected chi connectivity index (χ2v) is 6.58. The third kappa shape index (κ3) is 3.28. The van der Waals surface area contributed by atoms with Gasteiger partial charge >= 0.3 is 6.18 Å². The molecule has 2 N–H and O–H groups in total. The predicted molar refractivity (Wildman–Crippen MR) is 93.7 cm³/mol. The number of fused-ring (bicyclic) bond motifs is 1. The summed E-state index contributed by atoms with van der Waals surface area (Å²) in [6, 6.07) is 10.6. The Morgan fingerprint density at radius 1 is 1.25 bits per heavy atom. The second-order valence-electron chi connectivity index (χ2n) is 6.58. The average Bonchev–Trinajstić information content (AvgIpc) is 3.34. The van der Waals surface area contributed by atoms with Crippen molar-refractivity contribution in [3.8, 4) is 0 Å². The number of benzene rings is 2. The summed E-state index contributed by atoms with van der Waals surface area (Å²) in [6.45, 7) is 0. The van der Waals surface area contributed by atoms with Crippen molar-refractivity contribution in [3.63, 3.8) is 0 Å². The van der Waals surface area contributed by atoms with E-state index in [4.69, 9.17) is 0 Å². The van der Waals surface area contributed by atoms with Crippen LogP contribution in [0.1, 0.15) is 23.5 Å². The molecule has 28 heavy (non-hydrogen) atoms. The third-order valence-electron chi connectivity index (χ3n) is 4.69. The maximum Gasteiger partial charge on any atom is 0.416 e. The summed E-state index contributed by atoms with van der Waals surface area (Å²) in [7, 11) is 0. The first-order valence-corrected chi connectivity index (χ1v) is 8.35. The number of aromatic nitrogens is 2. The van der Waals surface area contributed by atoms with Gasteiger partial charge in [-0.3, -0.25) is 20.2 Å². The Labute approximate surface area is 155 Å². The van der Waals surface area contributed by atoms with Gasteiger partial charge in [0.15, 0.2) is 5.52 Å². The van der Waals surface area contributed by atoms with E-state index in [0.717, 1.165) is 11.6 Å². The molecule has 7 nitrogen and oxygen atoms in total. The molecule has 1 aliphatic carbocycles. The highest BCUT2D eigenvalue weighted by Crippen LogP contribution is 2.48. The van der Waals surface area contributed by atoms with E-state index in [1.807, 2.05) is 30.3 Å². The fraction of sp³-hybridized carbons (Fsp3) is 0.222. The number of hydrogen-bond acceptors (Lipinski definition) is 4.